The number of esters is 1. The molecule has 29 heavy (non-hydrogen) atoms. The molecule has 0 saturated heterocycles. The Labute approximate surface area is 177 Å². The number of rotatable bonds is 4. The van der Waals surface area contributed by atoms with Gasteiger partial charge in [0.25, 0.3) is 0 Å². The number of aromatic nitrogens is 2. The summed E-state index contributed by atoms with van der Waals surface area (Å²) in [5.74, 6) is -0.234. The Hall–Kier alpha value is -2.87. The molecule has 0 aliphatic heterocycles. The minimum absolute atomic E-state index is 0.254. The van der Waals surface area contributed by atoms with Crippen LogP contribution in [0, 0.1) is 0 Å². The fraction of sp³-hybridized carbons (Fsp3) is 0.286. The lowest BCUT2D eigenvalue weighted by atomic mass is 10.2. The maximum atomic E-state index is 12.9. The molecule has 0 unspecified atom stereocenters. The normalized spacial score (nSPS) is 11.3. The number of carbonyl (C=O) groups excluding carboxylic acids is 2. The molecule has 1 aromatic heterocycles. The van der Waals surface area contributed by atoms with Crippen LogP contribution < -0.4 is 4.90 Å². The highest BCUT2D eigenvalue weighted by Crippen LogP contribution is 2.27. The molecule has 1 heterocycles. The highest BCUT2D eigenvalue weighted by atomic mass is 79.9. The summed E-state index contributed by atoms with van der Waals surface area (Å²) >= 11 is 3.39. The summed E-state index contributed by atoms with van der Waals surface area (Å²) in [6.45, 7) is 5.66. The molecular weight excluding hydrogens is 438 g/mol. The van der Waals surface area contributed by atoms with Gasteiger partial charge in [-0.25, -0.2) is 19.5 Å². The van der Waals surface area contributed by atoms with Gasteiger partial charge in [-0.05, 0) is 38.5 Å². The van der Waals surface area contributed by atoms with E-state index in [0.717, 1.165) is 5.56 Å². The van der Waals surface area contributed by atoms with Crippen LogP contribution in [0.1, 0.15) is 36.7 Å². The number of H-pyrrole nitrogens is 1. The van der Waals surface area contributed by atoms with Crippen LogP contribution in [0.3, 0.4) is 0 Å². The van der Waals surface area contributed by atoms with Crippen molar-refractivity contribution in [3.63, 3.8) is 0 Å². The molecule has 2 aromatic carbocycles. The van der Waals surface area contributed by atoms with Crippen LogP contribution in [0.5, 0.6) is 0 Å². The summed E-state index contributed by atoms with van der Waals surface area (Å²) in [5, 5.41) is 0. The number of halogens is 1. The Bertz CT molecular complexity index is 1040. The number of amides is 1. The van der Waals surface area contributed by atoms with Crippen molar-refractivity contribution in [2.24, 2.45) is 0 Å². The van der Waals surface area contributed by atoms with Crippen LogP contribution in [0.2, 0.25) is 0 Å². The first-order valence-electron chi connectivity index (χ1n) is 9.00. The first-order chi connectivity index (χ1) is 13.7. The fourth-order valence-corrected chi connectivity index (χ4v) is 3.23. The van der Waals surface area contributed by atoms with Crippen LogP contribution in [-0.4, -0.2) is 34.7 Å². The van der Waals surface area contributed by atoms with Crippen LogP contribution in [0.15, 0.2) is 46.9 Å². The highest BCUT2D eigenvalue weighted by molar-refractivity contribution is 9.10. The van der Waals surface area contributed by atoms with Crippen molar-refractivity contribution in [1.29, 1.82) is 0 Å². The molecule has 0 spiro atoms. The zero-order chi connectivity index (χ0) is 21.2. The van der Waals surface area contributed by atoms with E-state index in [1.54, 1.807) is 32.9 Å². The summed E-state index contributed by atoms with van der Waals surface area (Å²) in [6, 6.07) is 12.9. The monoisotopic (exact) mass is 459 g/mol. The molecule has 0 atom stereocenters. The molecule has 7 nitrogen and oxygen atoms in total. The van der Waals surface area contributed by atoms with E-state index < -0.39 is 17.7 Å². The van der Waals surface area contributed by atoms with E-state index in [9.17, 15) is 9.59 Å². The van der Waals surface area contributed by atoms with Crippen molar-refractivity contribution in [3.05, 3.63) is 58.1 Å². The smallest absolute Gasteiger partial charge is 0.417 e. The van der Waals surface area contributed by atoms with Gasteiger partial charge in [0.15, 0.2) is 0 Å². The van der Waals surface area contributed by atoms with Gasteiger partial charge in [0.05, 0.1) is 24.7 Å². The number of methoxy groups -OCH3 is 1. The number of nitrogens with one attached hydrogen (secondary N) is 1. The van der Waals surface area contributed by atoms with Gasteiger partial charge < -0.3 is 14.5 Å². The lowest BCUT2D eigenvalue weighted by Gasteiger charge is -2.26. The van der Waals surface area contributed by atoms with E-state index in [1.807, 2.05) is 30.3 Å². The quantitative estimate of drug-likeness (QED) is 0.551. The summed E-state index contributed by atoms with van der Waals surface area (Å²) in [4.78, 5) is 34.1. The standard InChI is InChI=1S/C21H22BrN3O4/c1-21(2,3)29-20(27)25(12-13-8-6-5-7-9-13)19-23-16-11-14(22)10-15(17(16)24-19)18(26)28-4/h5-11H,12H2,1-4H3,(H,23,24). The number of carbonyl (C=O) groups is 2. The molecule has 0 fully saturated rings. The molecular formula is C21H22BrN3O4. The van der Waals surface area contributed by atoms with Gasteiger partial charge in [0, 0.05) is 4.47 Å². The Kier molecular flexibility index (Phi) is 5.93. The Morgan fingerprint density at radius 1 is 1.17 bits per heavy atom. The number of anilines is 1. The number of fused-ring (bicyclic) bond motifs is 1. The predicted octanol–water partition coefficient (Wildman–Crippen LogP) is 5.05. The second-order valence-electron chi connectivity index (χ2n) is 7.45. The minimum atomic E-state index is -0.668. The van der Waals surface area contributed by atoms with Gasteiger partial charge in [-0.15, -0.1) is 0 Å². The maximum Gasteiger partial charge on any atom is 0.417 e. The van der Waals surface area contributed by atoms with Crippen molar-refractivity contribution < 1.29 is 19.1 Å². The van der Waals surface area contributed by atoms with Gasteiger partial charge in [0.2, 0.25) is 5.95 Å². The van der Waals surface area contributed by atoms with Crippen LogP contribution in [-0.2, 0) is 16.0 Å². The Morgan fingerprint density at radius 2 is 1.86 bits per heavy atom. The van der Waals surface area contributed by atoms with E-state index in [1.165, 1.54) is 12.0 Å². The number of imidazole rings is 1. The summed E-state index contributed by atoms with van der Waals surface area (Å²) in [5.41, 5.74) is 1.54. The molecule has 0 aliphatic carbocycles. The number of nitrogens with zero attached hydrogens (tertiary/aromatic N) is 2. The molecule has 152 valence electrons. The molecule has 0 bridgehead atoms. The maximum absolute atomic E-state index is 12.9. The van der Waals surface area contributed by atoms with Gasteiger partial charge in [-0.1, -0.05) is 46.3 Å². The molecule has 8 heteroatoms. The lowest BCUT2D eigenvalue weighted by molar-refractivity contribution is 0.0573. The van der Waals surface area contributed by atoms with Crippen LogP contribution in [0.4, 0.5) is 10.7 Å². The van der Waals surface area contributed by atoms with E-state index >= 15 is 0 Å². The van der Waals surface area contributed by atoms with Crippen LogP contribution >= 0.6 is 15.9 Å². The van der Waals surface area contributed by atoms with Gasteiger partial charge >= 0.3 is 12.1 Å². The third-order valence-corrected chi connectivity index (χ3v) is 4.46. The molecule has 1 N–H and O–H groups in total. The average Bonchev–Trinajstić information content (AvgIpc) is 3.07. The number of hydrogen-bond donors (Lipinski definition) is 1. The van der Waals surface area contributed by atoms with E-state index in [2.05, 4.69) is 25.9 Å². The molecule has 3 rings (SSSR count). The zero-order valence-electron chi connectivity index (χ0n) is 16.7. The molecule has 0 radical (unpaired) electrons. The first kappa shape index (κ1) is 20.9. The van der Waals surface area contributed by atoms with Gasteiger partial charge in [-0.2, -0.15) is 0 Å². The first-order valence-corrected chi connectivity index (χ1v) is 9.79. The van der Waals surface area contributed by atoms with Crippen molar-refractivity contribution >= 4 is 45.0 Å². The van der Waals surface area contributed by atoms with Gasteiger partial charge in [0.1, 0.15) is 11.1 Å². The predicted molar refractivity (Wildman–Crippen MR) is 114 cm³/mol. The second kappa shape index (κ2) is 8.24. The van der Waals surface area contributed by atoms with Crippen LogP contribution in [0.25, 0.3) is 11.0 Å². The van der Waals surface area contributed by atoms with Crippen molar-refractivity contribution in [1.82, 2.24) is 9.97 Å². The third-order valence-electron chi connectivity index (χ3n) is 4.00. The largest absolute Gasteiger partial charge is 0.465 e. The fourth-order valence-electron chi connectivity index (χ4n) is 2.77. The molecule has 3 aromatic rings. The SMILES string of the molecule is COC(=O)c1cc(Br)cc2[nH]c(N(Cc3ccccc3)C(=O)OC(C)(C)C)nc12. The summed E-state index contributed by atoms with van der Waals surface area (Å²) < 4.78 is 11.1. The number of aromatic amines is 1. The number of ether oxygens (including phenoxy) is 2. The van der Waals surface area contributed by atoms with Gasteiger partial charge in [-0.3, -0.25) is 0 Å². The summed E-state index contributed by atoms with van der Waals surface area (Å²) in [6.07, 6.45) is -0.543. The Morgan fingerprint density at radius 3 is 2.48 bits per heavy atom. The molecule has 0 aliphatic rings. The zero-order valence-corrected chi connectivity index (χ0v) is 18.2. The lowest BCUT2D eigenvalue weighted by Crippen LogP contribution is -2.37. The molecule has 0 saturated carbocycles. The van der Waals surface area contributed by atoms with E-state index in [-0.39, 0.29) is 12.5 Å². The number of hydrogen-bond acceptors (Lipinski definition) is 5. The van der Waals surface area contributed by atoms with Crippen molar-refractivity contribution in [2.75, 3.05) is 12.0 Å². The second-order valence-corrected chi connectivity index (χ2v) is 8.37. The van der Waals surface area contributed by atoms with Crippen molar-refractivity contribution in [2.45, 2.75) is 32.9 Å². The topological polar surface area (TPSA) is 84.5 Å². The average molecular weight is 460 g/mol. The minimum Gasteiger partial charge on any atom is -0.465 e. The van der Waals surface area contributed by atoms with Crippen molar-refractivity contribution in [3.8, 4) is 0 Å². The highest BCUT2D eigenvalue weighted by Gasteiger charge is 2.27. The Balaban J connectivity index is 2.08. The van der Waals surface area contributed by atoms with E-state index in [0.29, 0.717) is 21.1 Å². The summed E-state index contributed by atoms with van der Waals surface area (Å²) in [7, 11) is 1.31. The molecule has 1 amide bonds. The third kappa shape index (κ3) is 4.95. The number of benzene rings is 2. The van der Waals surface area contributed by atoms with E-state index in [4.69, 9.17) is 9.47 Å².